The third kappa shape index (κ3) is 1.64. The molecule has 1 heterocycles. The minimum atomic E-state index is 0.266. The van der Waals surface area contributed by atoms with Crippen molar-refractivity contribution >= 4 is 10.9 Å². The van der Waals surface area contributed by atoms with Crippen LogP contribution in [-0.2, 0) is 5.41 Å². The highest BCUT2D eigenvalue weighted by atomic mass is 14.7. The van der Waals surface area contributed by atoms with Crippen molar-refractivity contribution in [2.24, 2.45) is 11.3 Å². The van der Waals surface area contributed by atoms with Gasteiger partial charge in [-0.15, -0.1) is 6.58 Å². The molecule has 1 fully saturated rings. The fourth-order valence-corrected chi connectivity index (χ4v) is 5.05. The van der Waals surface area contributed by atoms with Crippen LogP contribution in [0.2, 0.25) is 0 Å². The molecule has 0 unspecified atom stereocenters. The van der Waals surface area contributed by atoms with Crippen LogP contribution in [0.4, 0.5) is 0 Å². The zero-order valence-electron chi connectivity index (χ0n) is 13.4. The molecule has 1 aromatic heterocycles. The second-order valence-corrected chi connectivity index (χ2v) is 8.01. The molecule has 1 nitrogen and oxygen atoms in total. The molecule has 0 amide bonds. The number of hydrogen-bond acceptors (Lipinski definition) is 0. The summed E-state index contributed by atoms with van der Waals surface area (Å²) < 4.78 is 0. The first-order valence-electron chi connectivity index (χ1n) is 8.20. The second-order valence-electron chi connectivity index (χ2n) is 8.01. The predicted molar refractivity (Wildman–Crippen MR) is 89.7 cm³/mol. The molecule has 0 saturated heterocycles. The number of hydrogen-bond donors (Lipinski definition) is 1. The van der Waals surface area contributed by atoms with E-state index >= 15 is 0 Å². The van der Waals surface area contributed by atoms with Crippen molar-refractivity contribution in [1.82, 2.24) is 4.98 Å². The topological polar surface area (TPSA) is 15.8 Å². The summed E-state index contributed by atoms with van der Waals surface area (Å²) in [5.74, 6) is 1.42. The number of aromatic amines is 1. The van der Waals surface area contributed by atoms with Crippen molar-refractivity contribution in [2.45, 2.75) is 51.4 Å². The van der Waals surface area contributed by atoms with Gasteiger partial charge in [0.2, 0.25) is 0 Å². The van der Waals surface area contributed by atoms with E-state index in [9.17, 15) is 0 Å². The van der Waals surface area contributed by atoms with Crippen molar-refractivity contribution in [1.29, 1.82) is 0 Å². The molecule has 2 aromatic rings. The van der Waals surface area contributed by atoms with Crippen molar-refractivity contribution in [3.8, 4) is 0 Å². The third-order valence-corrected chi connectivity index (χ3v) is 6.45. The van der Waals surface area contributed by atoms with E-state index < -0.39 is 0 Å². The molecule has 2 aliphatic rings. The number of rotatable bonds is 1. The Bertz CT molecular complexity index is 721. The van der Waals surface area contributed by atoms with Crippen LogP contribution >= 0.6 is 0 Å². The van der Waals surface area contributed by atoms with E-state index in [1.54, 1.807) is 11.1 Å². The third-order valence-electron chi connectivity index (χ3n) is 6.45. The van der Waals surface area contributed by atoms with Gasteiger partial charge in [-0.3, -0.25) is 0 Å². The highest BCUT2D eigenvalue weighted by Crippen LogP contribution is 2.58. The van der Waals surface area contributed by atoms with Gasteiger partial charge in [-0.05, 0) is 59.1 Å². The van der Waals surface area contributed by atoms with Crippen LogP contribution in [0.3, 0.4) is 0 Å². The summed E-state index contributed by atoms with van der Waals surface area (Å²) in [4.78, 5) is 3.51. The first-order valence-corrected chi connectivity index (χ1v) is 8.20. The molecule has 0 aliphatic heterocycles. The Balaban J connectivity index is 1.96. The van der Waals surface area contributed by atoms with Gasteiger partial charge < -0.3 is 4.98 Å². The maximum absolute atomic E-state index is 4.10. The Labute approximate surface area is 127 Å². The Morgan fingerprint density at radius 3 is 2.86 bits per heavy atom. The average Bonchev–Trinajstić information content (AvgIpc) is 2.89. The minimum Gasteiger partial charge on any atom is -0.361 e. The quantitative estimate of drug-likeness (QED) is 0.660. The smallest absolute Gasteiger partial charge is 0.0459 e. The number of nitrogens with one attached hydrogen (secondary N) is 1. The van der Waals surface area contributed by atoms with Gasteiger partial charge in [-0.1, -0.05) is 39.0 Å². The van der Waals surface area contributed by atoms with Gasteiger partial charge in [0.15, 0.2) is 0 Å². The van der Waals surface area contributed by atoms with Crippen LogP contribution in [0.5, 0.6) is 0 Å². The Kier molecular flexibility index (Phi) is 2.53. The van der Waals surface area contributed by atoms with E-state index in [1.807, 2.05) is 0 Å². The molecule has 110 valence electrons. The normalized spacial score (nSPS) is 33.7. The highest BCUT2D eigenvalue weighted by Gasteiger charge is 2.48. The fourth-order valence-electron chi connectivity index (χ4n) is 5.05. The Morgan fingerprint density at radius 1 is 1.29 bits per heavy atom. The highest BCUT2D eigenvalue weighted by molar-refractivity contribution is 5.89. The monoisotopic (exact) mass is 279 g/mol. The Morgan fingerprint density at radius 2 is 2.10 bits per heavy atom. The van der Waals surface area contributed by atoms with Crippen LogP contribution in [0.1, 0.15) is 57.1 Å². The number of H-pyrrole nitrogens is 1. The van der Waals surface area contributed by atoms with Crippen LogP contribution in [0, 0.1) is 11.3 Å². The molecule has 2 aliphatic carbocycles. The predicted octanol–water partition coefficient (Wildman–Crippen LogP) is 5.54. The number of allylic oxidation sites excluding steroid dienone is 1. The first-order chi connectivity index (χ1) is 9.96. The molecule has 0 bridgehead atoms. The second kappa shape index (κ2) is 4.03. The molecule has 4 rings (SSSR count). The van der Waals surface area contributed by atoms with Gasteiger partial charge in [-0.25, -0.2) is 0 Å². The molecule has 1 N–H and O–H groups in total. The lowest BCUT2D eigenvalue weighted by atomic mass is 9.53. The maximum atomic E-state index is 4.10. The molecule has 21 heavy (non-hydrogen) atoms. The molecule has 1 aromatic carbocycles. The van der Waals surface area contributed by atoms with Crippen LogP contribution in [0.25, 0.3) is 10.9 Å². The van der Waals surface area contributed by atoms with Crippen molar-refractivity contribution in [3.05, 3.63) is 48.2 Å². The van der Waals surface area contributed by atoms with Gasteiger partial charge in [0.1, 0.15) is 0 Å². The van der Waals surface area contributed by atoms with Crippen LogP contribution in [-0.4, -0.2) is 4.98 Å². The lowest BCUT2D eigenvalue weighted by molar-refractivity contribution is 0.128. The van der Waals surface area contributed by atoms with Crippen LogP contribution < -0.4 is 0 Å². The average molecular weight is 279 g/mol. The van der Waals surface area contributed by atoms with Crippen molar-refractivity contribution in [2.75, 3.05) is 0 Å². The summed E-state index contributed by atoms with van der Waals surface area (Å²) in [6.45, 7) is 11.4. The summed E-state index contributed by atoms with van der Waals surface area (Å²) in [5, 5.41) is 1.50. The summed E-state index contributed by atoms with van der Waals surface area (Å²) in [7, 11) is 0. The lowest BCUT2D eigenvalue weighted by Gasteiger charge is -2.51. The van der Waals surface area contributed by atoms with Gasteiger partial charge in [0.25, 0.3) is 0 Å². The largest absolute Gasteiger partial charge is 0.361 e. The van der Waals surface area contributed by atoms with E-state index in [2.05, 4.69) is 62.8 Å². The molecule has 1 heteroatoms. The van der Waals surface area contributed by atoms with Gasteiger partial charge >= 0.3 is 0 Å². The summed E-state index contributed by atoms with van der Waals surface area (Å²) in [6, 6.07) is 6.77. The van der Waals surface area contributed by atoms with E-state index in [1.165, 1.54) is 30.2 Å². The molecule has 1 saturated carbocycles. The molecule has 3 atom stereocenters. The number of aromatic nitrogens is 1. The zero-order chi connectivity index (χ0) is 14.8. The molecular weight excluding hydrogens is 254 g/mol. The van der Waals surface area contributed by atoms with E-state index in [4.69, 9.17) is 0 Å². The zero-order valence-corrected chi connectivity index (χ0v) is 13.4. The fraction of sp³-hybridized carbons (Fsp3) is 0.500. The van der Waals surface area contributed by atoms with E-state index in [0.29, 0.717) is 11.3 Å². The lowest BCUT2D eigenvalue weighted by Crippen LogP contribution is -2.42. The first kappa shape index (κ1) is 13.2. The Hall–Kier alpha value is -1.50. The molecule has 0 radical (unpaired) electrons. The van der Waals surface area contributed by atoms with Gasteiger partial charge in [-0.2, -0.15) is 0 Å². The van der Waals surface area contributed by atoms with E-state index in [0.717, 1.165) is 5.92 Å². The minimum absolute atomic E-state index is 0.266. The summed E-state index contributed by atoms with van der Waals surface area (Å²) in [5.41, 5.74) is 4.96. The standard InChI is InChI=1S/C20H25N/c1-5-20(4)10-9-15-13(11-20)14-12-21-17-8-6-7-16(18(14)17)19(15,2)3/h5-8,12-13,15,21H,1,9-11H2,2-4H3/t13-,15-,20+/m1/s1. The molecule has 0 spiro atoms. The van der Waals surface area contributed by atoms with Crippen molar-refractivity contribution in [3.63, 3.8) is 0 Å². The molecular formula is C20H25N. The number of benzene rings is 1. The maximum Gasteiger partial charge on any atom is 0.0459 e. The summed E-state index contributed by atoms with van der Waals surface area (Å²) in [6.07, 6.45) is 8.29. The number of fused-ring (bicyclic) bond motifs is 2. The van der Waals surface area contributed by atoms with Crippen molar-refractivity contribution < 1.29 is 0 Å². The summed E-state index contributed by atoms with van der Waals surface area (Å²) >= 11 is 0. The van der Waals surface area contributed by atoms with E-state index in [-0.39, 0.29) is 5.41 Å². The van der Waals surface area contributed by atoms with Gasteiger partial charge in [0, 0.05) is 17.1 Å². The van der Waals surface area contributed by atoms with Gasteiger partial charge in [0.05, 0.1) is 0 Å². The SMILES string of the molecule is C=C[C@@]1(C)CC[C@@H]2[C@H](C1)c1c[nH]c3cccc(c13)C2(C)C. The van der Waals surface area contributed by atoms with Crippen LogP contribution in [0.15, 0.2) is 37.1 Å².